The van der Waals surface area contributed by atoms with Gasteiger partial charge in [-0.3, -0.25) is 0 Å². The van der Waals surface area contributed by atoms with Crippen molar-refractivity contribution >= 4 is 10.0 Å². The molecule has 1 saturated carbocycles. The molecule has 1 fully saturated rings. The van der Waals surface area contributed by atoms with Gasteiger partial charge in [0.25, 0.3) is 0 Å². The molecule has 1 heterocycles. The highest BCUT2D eigenvalue weighted by atomic mass is 32.2. The predicted octanol–water partition coefficient (Wildman–Crippen LogP) is 2.03. The van der Waals surface area contributed by atoms with E-state index in [9.17, 15) is 13.5 Å². The first-order chi connectivity index (χ1) is 12.5. The maximum atomic E-state index is 12.7. The monoisotopic (exact) mass is 375 g/mol. The first-order valence-corrected chi connectivity index (χ1v) is 10.1. The fourth-order valence-corrected chi connectivity index (χ4v) is 4.34. The molecule has 0 saturated heterocycles. The predicted molar refractivity (Wildman–Crippen MR) is 95.7 cm³/mol. The van der Waals surface area contributed by atoms with E-state index in [2.05, 4.69) is 4.72 Å². The van der Waals surface area contributed by atoms with E-state index in [1.165, 1.54) is 12.1 Å². The van der Waals surface area contributed by atoms with Crippen LogP contribution in [0, 0.1) is 5.92 Å². The fourth-order valence-electron chi connectivity index (χ4n) is 3.25. The Kier molecular flexibility index (Phi) is 4.38. The number of aliphatic hydroxyl groups is 1. The molecule has 0 bridgehead atoms. The van der Waals surface area contributed by atoms with Crippen LogP contribution in [0.15, 0.2) is 53.4 Å². The summed E-state index contributed by atoms with van der Waals surface area (Å²) in [6, 6.07) is 13.7. The summed E-state index contributed by atoms with van der Waals surface area (Å²) in [4.78, 5) is 0.0907. The topological polar surface area (TPSA) is 84.9 Å². The van der Waals surface area contributed by atoms with Crippen LogP contribution in [-0.2, 0) is 15.6 Å². The van der Waals surface area contributed by atoms with Crippen molar-refractivity contribution in [2.75, 3.05) is 19.8 Å². The zero-order valence-electron chi connectivity index (χ0n) is 14.2. The average Bonchev–Trinajstić information content (AvgIpc) is 3.52. The first kappa shape index (κ1) is 17.3. The highest BCUT2D eigenvalue weighted by molar-refractivity contribution is 7.89. The maximum absolute atomic E-state index is 12.7. The molecule has 138 valence electrons. The summed E-state index contributed by atoms with van der Waals surface area (Å²) in [5.74, 6) is 1.02. The Morgan fingerprint density at radius 1 is 1.04 bits per heavy atom. The molecule has 2 N–H and O–H groups in total. The molecule has 2 aromatic rings. The lowest BCUT2D eigenvalue weighted by Gasteiger charge is -2.29. The van der Waals surface area contributed by atoms with Crippen molar-refractivity contribution in [2.24, 2.45) is 5.92 Å². The van der Waals surface area contributed by atoms with E-state index in [-0.39, 0.29) is 17.4 Å². The number of fused-ring (bicyclic) bond motifs is 1. The number of hydrogen-bond donors (Lipinski definition) is 2. The van der Waals surface area contributed by atoms with Crippen molar-refractivity contribution in [1.29, 1.82) is 0 Å². The van der Waals surface area contributed by atoms with Gasteiger partial charge in [-0.15, -0.1) is 0 Å². The van der Waals surface area contributed by atoms with E-state index >= 15 is 0 Å². The number of ether oxygens (including phenoxy) is 2. The van der Waals surface area contributed by atoms with Gasteiger partial charge < -0.3 is 14.6 Å². The van der Waals surface area contributed by atoms with Crippen molar-refractivity contribution in [3.63, 3.8) is 0 Å². The van der Waals surface area contributed by atoms with Gasteiger partial charge in [-0.05, 0) is 36.5 Å². The lowest BCUT2D eigenvalue weighted by Crippen LogP contribution is -2.42. The fraction of sp³-hybridized carbons (Fsp3) is 0.368. The van der Waals surface area contributed by atoms with Crippen LogP contribution in [0.4, 0.5) is 0 Å². The summed E-state index contributed by atoms with van der Waals surface area (Å²) in [5, 5.41) is 11.2. The molecule has 6 nitrogen and oxygen atoms in total. The van der Waals surface area contributed by atoms with Crippen LogP contribution in [0.1, 0.15) is 18.4 Å². The molecule has 0 spiro atoms. The first-order valence-electron chi connectivity index (χ1n) is 8.66. The van der Waals surface area contributed by atoms with Crippen LogP contribution in [0.25, 0.3) is 0 Å². The second-order valence-corrected chi connectivity index (χ2v) is 8.46. The number of rotatable bonds is 6. The van der Waals surface area contributed by atoms with Gasteiger partial charge in [-0.2, -0.15) is 0 Å². The van der Waals surface area contributed by atoms with Crippen LogP contribution >= 0.6 is 0 Å². The molecule has 1 aliphatic carbocycles. The van der Waals surface area contributed by atoms with E-state index in [4.69, 9.17) is 9.47 Å². The molecule has 2 aliphatic rings. The van der Waals surface area contributed by atoms with Gasteiger partial charge in [0, 0.05) is 12.6 Å². The lowest BCUT2D eigenvalue weighted by atomic mass is 9.89. The molecule has 0 unspecified atom stereocenters. The number of nitrogens with one attached hydrogen (secondary N) is 1. The summed E-state index contributed by atoms with van der Waals surface area (Å²) >= 11 is 0. The summed E-state index contributed by atoms with van der Waals surface area (Å²) in [6.07, 6.45) is 1.77. The van der Waals surface area contributed by atoms with Gasteiger partial charge in [0.15, 0.2) is 11.5 Å². The average molecular weight is 375 g/mol. The second kappa shape index (κ2) is 6.57. The standard InChI is InChI=1S/C19H21NO5S/c21-19(15-6-7-15,14-4-2-1-3-5-14)13-20-26(22,23)16-8-9-17-18(12-16)25-11-10-24-17/h1-5,8-9,12,15,20-21H,6-7,10-11,13H2/t19-/m0/s1. The minimum atomic E-state index is -3.79. The van der Waals surface area contributed by atoms with Crippen LogP contribution in [-0.4, -0.2) is 33.3 Å². The Balaban J connectivity index is 1.56. The smallest absolute Gasteiger partial charge is 0.240 e. The van der Waals surface area contributed by atoms with Crippen LogP contribution < -0.4 is 14.2 Å². The third-order valence-corrected chi connectivity index (χ3v) is 6.28. The Bertz CT molecular complexity index is 895. The third-order valence-electron chi connectivity index (χ3n) is 4.88. The molecule has 26 heavy (non-hydrogen) atoms. The molecule has 1 atom stereocenters. The Labute approximate surface area is 152 Å². The van der Waals surface area contributed by atoms with E-state index < -0.39 is 15.6 Å². The molecule has 2 aromatic carbocycles. The molecule has 4 rings (SSSR count). The van der Waals surface area contributed by atoms with Gasteiger partial charge in [0.2, 0.25) is 10.0 Å². The van der Waals surface area contributed by atoms with Crippen molar-refractivity contribution in [3.05, 3.63) is 54.1 Å². The summed E-state index contributed by atoms with van der Waals surface area (Å²) in [7, 11) is -3.79. The summed E-state index contributed by atoms with van der Waals surface area (Å²) < 4.78 is 38.9. The summed E-state index contributed by atoms with van der Waals surface area (Å²) in [6.45, 7) is 0.765. The number of benzene rings is 2. The normalized spacial score (nSPS) is 19.0. The van der Waals surface area contributed by atoms with Crippen molar-refractivity contribution in [1.82, 2.24) is 4.72 Å². The van der Waals surface area contributed by atoms with Crippen molar-refractivity contribution in [2.45, 2.75) is 23.3 Å². The Morgan fingerprint density at radius 3 is 2.42 bits per heavy atom. The second-order valence-electron chi connectivity index (χ2n) is 6.69. The molecule has 7 heteroatoms. The number of hydrogen-bond acceptors (Lipinski definition) is 5. The van der Waals surface area contributed by atoms with Gasteiger partial charge >= 0.3 is 0 Å². The van der Waals surface area contributed by atoms with Gasteiger partial charge in [-0.1, -0.05) is 30.3 Å². The lowest BCUT2D eigenvalue weighted by molar-refractivity contribution is 0.0185. The number of sulfonamides is 1. The zero-order valence-corrected chi connectivity index (χ0v) is 15.0. The van der Waals surface area contributed by atoms with Crippen molar-refractivity contribution < 1.29 is 23.0 Å². The highest BCUT2D eigenvalue weighted by Crippen LogP contribution is 2.45. The maximum Gasteiger partial charge on any atom is 0.240 e. The molecule has 0 amide bonds. The summed E-state index contributed by atoms with van der Waals surface area (Å²) in [5.41, 5.74) is -0.477. The molecule has 0 aromatic heterocycles. The SMILES string of the molecule is O=S(=O)(NC[C@](O)(c1ccccc1)C1CC1)c1ccc2c(c1)OCCO2. The van der Waals surface area contributed by atoms with E-state index in [1.807, 2.05) is 30.3 Å². The minimum Gasteiger partial charge on any atom is -0.486 e. The zero-order chi connectivity index (χ0) is 18.2. The van der Waals surface area contributed by atoms with Crippen LogP contribution in [0.3, 0.4) is 0 Å². The largest absolute Gasteiger partial charge is 0.486 e. The highest BCUT2D eigenvalue weighted by Gasteiger charge is 2.45. The Morgan fingerprint density at radius 2 is 1.73 bits per heavy atom. The van der Waals surface area contributed by atoms with Gasteiger partial charge in [0.05, 0.1) is 4.90 Å². The molecular weight excluding hydrogens is 354 g/mol. The molecule has 0 radical (unpaired) electrons. The minimum absolute atomic E-state index is 0.0628. The quantitative estimate of drug-likeness (QED) is 0.807. The van der Waals surface area contributed by atoms with Gasteiger partial charge in [-0.25, -0.2) is 13.1 Å². The van der Waals surface area contributed by atoms with Crippen molar-refractivity contribution in [3.8, 4) is 11.5 Å². The molecular formula is C19H21NO5S. The third kappa shape index (κ3) is 3.30. The van der Waals surface area contributed by atoms with Gasteiger partial charge in [0.1, 0.15) is 18.8 Å². The van der Waals surface area contributed by atoms with Crippen LogP contribution in [0.5, 0.6) is 11.5 Å². The molecule has 1 aliphatic heterocycles. The van der Waals surface area contributed by atoms with E-state index in [0.717, 1.165) is 18.4 Å². The Hall–Kier alpha value is -2.09. The van der Waals surface area contributed by atoms with Crippen LogP contribution in [0.2, 0.25) is 0 Å². The van der Waals surface area contributed by atoms with E-state index in [0.29, 0.717) is 24.7 Å². The van der Waals surface area contributed by atoms with E-state index in [1.54, 1.807) is 6.07 Å².